The van der Waals surface area contributed by atoms with Crippen LogP contribution in [0.15, 0.2) is 426 Å². The second kappa shape index (κ2) is 30.3. The fourth-order valence-corrected chi connectivity index (χ4v) is 22.7. The zero-order chi connectivity index (χ0) is 90.4. The summed E-state index contributed by atoms with van der Waals surface area (Å²) >= 11 is 3.62. The van der Waals surface area contributed by atoms with E-state index in [4.69, 9.17) is 48.0 Å². The lowest BCUT2D eigenvalue weighted by Crippen LogP contribution is -2.41. The van der Waals surface area contributed by atoms with Gasteiger partial charge in [0.1, 0.15) is 22.3 Å². The molecule has 0 N–H and O–H groups in total. The van der Waals surface area contributed by atoms with Crippen LogP contribution in [0.25, 0.3) is 201 Å². The minimum atomic E-state index is -0.417. The molecule has 642 valence electrons. The fourth-order valence-electron chi connectivity index (χ4n) is 22.4. The van der Waals surface area contributed by atoms with Crippen molar-refractivity contribution in [3.8, 4) is 113 Å². The van der Waals surface area contributed by atoms with Gasteiger partial charge in [-0.1, -0.05) is 344 Å². The van der Waals surface area contributed by atoms with Crippen LogP contribution in [0, 0.1) is 0 Å². The van der Waals surface area contributed by atoms with Gasteiger partial charge in [-0.3, -0.25) is 9.13 Å². The largest absolute Gasteiger partial charge is 0.494 e. The second-order valence-corrected chi connectivity index (χ2v) is 37.9. The number of hydrogen-bond donors (Lipinski definition) is 0. The molecule has 0 saturated carbocycles. The summed E-state index contributed by atoms with van der Waals surface area (Å²) in [6, 6.07) is 146. The van der Waals surface area contributed by atoms with Gasteiger partial charge < -0.3 is 18.1 Å². The van der Waals surface area contributed by atoms with Crippen LogP contribution in [0.2, 0.25) is 0 Å². The summed E-state index contributed by atoms with van der Waals surface area (Å²) < 4.78 is 31.5. The molecule has 18 aromatic carbocycles. The standard InChI is InChI=1S/C58H34N4O.C37H29BO3.C27H17BrN4/c1-3-15-35(16-4-1)55-59-56(36-17-5-2-6-18-36)61-57(60-55)62-51-26-14-10-22-42(51)44-31-37(27-29-52(44)62)38-28-30-53-45(32-38)46-33-43-41-21-9-13-25-49(41)58(50(43)34-54(46)63-53)47-23-11-7-19-39(47)40-20-8-12-24-48(40)58;1-35(2)36(3,4)41-38(40-35)22-17-18-33-27(19-22)28-20-26-25-13-7-10-16-31(25)37(32(26)21-34(28)39-33)29-14-8-5-11-23(29)24-12-6-9-15-30(24)37;28-20-15-16-24-22(17-20)21-13-7-8-14-23(21)32(24)27-30-25(18-9-3-1-4-10-18)29-26(31-27)19-11-5-2-6-12-19/h1-34H;5-21H,1-4H3;1-17H. The predicted octanol–water partition coefficient (Wildman–Crippen LogP) is 29.5. The summed E-state index contributed by atoms with van der Waals surface area (Å²) in [5.41, 5.74) is 34.0. The SMILES string of the molecule is Brc1ccc2c(c1)c1ccccc1n2-c1nc(-c2ccccc2)nc(-c2ccccc2)n1.CC1(C)OB(c2ccc3oc4cc5c(cc4c3c2)-c2ccccc2C52c3ccccc3-c3ccccc32)OC1(C)C.c1ccc(-c2nc(-c3ccccc3)nc(-n3c4ccccc4c4cc(-c5ccc6oc7cc8c(cc7c6c5)-c5ccccc5C85c6ccccc6-c6ccccc65)ccc43)n2)cc1. The van der Waals surface area contributed by atoms with Crippen LogP contribution in [0.4, 0.5) is 0 Å². The van der Waals surface area contributed by atoms with Gasteiger partial charge in [-0.15, -0.1) is 0 Å². The van der Waals surface area contributed by atoms with Gasteiger partial charge >= 0.3 is 7.12 Å². The maximum absolute atomic E-state index is 6.79. The summed E-state index contributed by atoms with van der Waals surface area (Å²) in [4.78, 5) is 29.9. The Hall–Kier alpha value is -16.4. The van der Waals surface area contributed by atoms with Crippen molar-refractivity contribution in [2.24, 2.45) is 0 Å². The summed E-state index contributed by atoms with van der Waals surface area (Å²) in [6.45, 7) is 8.37. The Kier molecular flexibility index (Phi) is 17.7. The van der Waals surface area contributed by atoms with Gasteiger partial charge in [-0.2, -0.15) is 19.9 Å². The van der Waals surface area contributed by atoms with E-state index in [0.717, 1.165) is 131 Å². The highest BCUT2D eigenvalue weighted by molar-refractivity contribution is 9.10. The first-order chi connectivity index (χ1) is 66.8. The zero-order valence-corrected chi connectivity index (χ0v) is 76.0. The third kappa shape index (κ3) is 11.9. The topological polar surface area (TPSA) is 132 Å². The first kappa shape index (κ1) is 79.4. The van der Waals surface area contributed by atoms with Gasteiger partial charge in [0, 0.05) is 69.8 Å². The van der Waals surface area contributed by atoms with E-state index in [2.05, 4.69) is 338 Å². The van der Waals surface area contributed by atoms with Gasteiger partial charge in [-0.25, -0.2) is 9.97 Å². The molecule has 1 saturated heterocycles. The minimum absolute atomic E-state index is 0.375. The molecule has 12 nitrogen and oxygen atoms in total. The molecule has 24 aromatic rings. The minimum Gasteiger partial charge on any atom is -0.456 e. The van der Waals surface area contributed by atoms with Gasteiger partial charge in [0.05, 0.1) is 44.1 Å². The molecule has 7 heterocycles. The number of aromatic nitrogens is 8. The molecule has 1 fully saturated rings. The van der Waals surface area contributed by atoms with Crippen molar-refractivity contribution in [1.82, 2.24) is 39.0 Å². The van der Waals surface area contributed by atoms with Crippen molar-refractivity contribution in [2.75, 3.05) is 0 Å². The van der Waals surface area contributed by atoms with Crippen LogP contribution in [0.5, 0.6) is 0 Å². The molecule has 136 heavy (non-hydrogen) atoms. The van der Waals surface area contributed by atoms with Crippen LogP contribution in [-0.4, -0.2) is 57.4 Å². The molecule has 0 bridgehead atoms. The molecular weight excluding hydrogens is 1730 g/mol. The zero-order valence-electron chi connectivity index (χ0n) is 74.4. The lowest BCUT2D eigenvalue weighted by atomic mass is 9.70. The molecule has 2 spiro atoms. The summed E-state index contributed by atoms with van der Waals surface area (Å²) in [5, 5.41) is 8.98. The van der Waals surface area contributed by atoms with E-state index in [0.29, 0.717) is 35.2 Å². The molecular formula is C122H80BBrN8O4. The van der Waals surface area contributed by atoms with E-state index >= 15 is 0 Å². The first-order valence-electron chi connectivity index (χ1n) is 46.2. The third-order valence-corrected chi connectivity index (χ3v) is 29.6. The maximum atomic E-state index is 6.79. The van der Waals surface area contributed by atoms with Crippen molar-refractivity contribution < 1.29 is 18.1 Å². The first-order valence-corrected chi connectivity index (χ1v) is 47.0. The quantitative estimate of drug-likeness (QED) is 0.135. The van der Waals surface area contributed by atoms with E-state index in [1.165, 1.54) is 89.0 Å². The van der Waals surface area contributed by atoms with E-state index < -0.39 is 23.7 Å². The Balaban J connectivity index is 0.000000111. The summed E-state index contributed by atoms with van der Waals surface area (Å²) in [5.74, 6) is 3.74. The average Bonchev–Trinajstić information content (AvgIpc) is 1.51. The van der Waals surface area contributed by atoms with Crippen LogP contribution < -0.4 is 5.46 Å². The van der Waals surface area contributed by atoms with Crippen molar-refractivity contribution in [3.63, 3.8) is 0 Å². The van der Waals surface area contributed by atoms with Crippen molar-refractivity contribution in [2.45, 2.75) is 49.7 Å². The number of nitrogens with zero attached hydrogens (tertiary/aromatic N) is 8. The molecule has 4 aliphatic carbocycles. The van der Waals surface area contributed by atoms with Gasteiger partial charge in [0.25, 0.3) is 0 Å². The molecule has 0 atom stereocenters. The summed E-state index contributed by atoms with van der Waals surface area (Å²) in [6.07, 6.45) is 0. The molecule has 14 heteroatoms. The van der Waals surface area contributed by atoms with Gasteiger partial charge in [0.15, 0.2) is 23.3 Å². The van der Waals surface area contributed by atoms with Crippen LogP contribution >= 0.6 is 15.9 Å². The highest BCUT2D eigenvalue weighted by Crippen LogP contribution is 2.66. The lowest BCUT2D eigenvalue weighted by Gasteiger charge is -2.32. The Morgan fingerprint density at radius 1 is 0.228 bits per heavy atom. The molecule has 0 unspecified atom stereocenters. The smallest absolute Gasteiger partial charge is 0.456 e. The van der Waals surface area contributed by atoms with E-state index in [9.17, 15) is 0 Å². The van der Waals surface area contributed by atoms with Crippen molar-refractivity contribution in [3.05, 3.63) is 461 Å². The van der Waals surface area contributed by atoms with Crippen LogP contribution in [0.3, 0.4) is 0 Å². The Labute approximate surface area is 791 Å². The monoisotopic (exact) mass is 1810 g/mol. The van der Waals surface area contributed by atoms with Gasteiger partial charge in [-0.05, 0) is 218 Å². The lowest BCUT2D eigenvalue weighted by molar-refractivity contribution is 0.00578. The molecule has 0 radical (unpaired) electrons. The third-order valence-electron chi connectivity index (χ3n) is 29.1. The Morgan fingerprint density at radius 2 is 0.529 bits per heavy atom. The predicted molar refractivity (Wildman–Crippen MR) is 553 cm³/mol. The fraction of sp³-hybridized carbons (Fsp3) is 0.0656. The van der Waals surface area contributed by atoms with Crippen molar-refractivity contribution >= 4 is 116 Å². The van der Waals surface area contributed by atoms with Crippen LogP contribution in [0.1, 0.15) is 72.2 Å². The van der Waals surface area contributed by atoms with E-state index in [-0.39, 0.29) is 5.41 Å². The molecule has 5 aliphatic rings. The molecule has 6 aromatic heterocycles. The molecule has 29 rings (SSSR count). The Bertz CT molecular complexity index is 8900. The van der Waals surface area contributed by atoms with E-state index in [1.54, 1.807) is 0 Å². The maximum Gasteiger partial charge on any atom is 0.494 e. The number of fused-ring (bicyclic) bond motifs is 32. The second-order valence-electron chi connectivity index (χ2n) is 36.9. The number of furan rings is 2. The Morgan fingerprint density at radius 3 is 0.926 bits per heavy atom. The average molecular weight is 1810 g/mol. The van der Waals surface area contributed by atoms with Crippen LogP contribution in [-0.2, 0) is 20.1 Å². The normalized spacial score (nSPS) is 14.4. The number of benzene rings is 18. The summed E-state index contributed by atoms with van der Waals surface area (Å²) in [7, 11) is -0.417. The van der Waals surface area contributed by atoms with Gasteiger partial charge in [0.2, 0.25) is 11.9 Å². The number of hydrogen-bond acceptors (Lipinski definition) is 10. The van der Waals surface area contributed by atoms with Crippen molar-refractivity contribution in [1.29, 1.82) is 0 Å². The highest BCUT2D eigenvalue weighted by atomic mass is 79.9. The molecule has 1 aliphatic heterocycles. The number of para-hydroxylation sites is 2. The number of rotatable bonds is 8. The number of halogens is 1. The molecule has 0 amide bonds. The van der Waals surface area contributed by atoms with E-state index in [1.807, 2.05) is 127 Å². The highest BCUT2D eigenvalue weighted by Gasteiger charge is 2.55.